The average Bonchev–Trinajstić information content (AvgIpc) is 2.65. The number of nitrogens with zero attached hydrogens (tertiary/aromatic N) is 3. The van der Waals surface area contributed by atoms with Gasteiger partial charge in [0.25, 0.3) is 5.95 Å². The molecule has 0 bridgehead atoms. The normalized spacial score (nSPS) is 10.1. The van der Waals surface area contributed by atoms with Gasteiger partial charge in [-0.15, -0.1) is 5.10 Å². The van der Waals surface area contributed by atoms with E-state index in [2.05, 4.69) is 30.8 Å². The van der Waals surface area contributed by atoms with Crippen molar-refractivity contribution in [2.24, 2.45) is 5.90 Å². The first-order valence-corrected chi connectivity index (χ1v) is 4.18. The van der Waals surface area contributed by atoms with Gasteiger partial charge in [0.2, 0.25) is 5.91 Å². The highest BCUT2D eigenvalue weighted by atomic mass is 16.6. The largest absolute Gasteiger partial charge is 0.305 e. The number of rotatable bonds is 6. The predicted octanol–water partition coefficient (Wildman–Crippen LogP) is -0.801. The molecule has 1 aromatic heterocycles. The molecule has 78 valence electrons. The van der Waals surface area contributed by atoms with E-state index in [4.69, 9.17) is 5.90 Å². The maximum Gasteiger partial charge on any atom is 0.269 e. The maximum atomic E-state index is 11.2. The van der Waals surface area contributed by atoms with E-state index in [0.717, 1.165) is 6.42 Å². The van der Waals surface area contributed by atoms with Crippen LogP contribution in [0.25, 0.3) is 0 Å². The minimum atomic E-state index is -0.150. The lowest BCUT2D eigenvalue weighted by molar-refractivity contribution is -0.116. The molecule has 0 atom stereocenters. The molecule has 0 aliphatic carbocycles. The van der Waals surface area contributed by atoms with Crippen LogP contribution in [-0.4, -0.2) is 33.1 Å². The van der Waals surface area contributed by atoms with E-state index in [9.17, 15) is 4.79 Å². The van der Waals surface area contributed by atoms with Crippen LogP contribution >= 0.6 is 0 Å². The minimum absolute atomic E-state index is 0.150. The number of nitrogens with two attached hydrogens (primary N) is 1. The summed E-state index contributed by atoms with van der Waals surface area (Å²) in [4.78, 5) is 15.5. The second kappa shape index (κ2) is 6.00. The first-order chi connectivity index (χ1) is 6.83. The van der Waals surface area contributed by atoms with Crippen LogP contribution in [0, 0.1) is 0 Å². The summed E-state index contributed by atoms with van der Waals surface area (Å²) >= 11 is 0. The number of carbonyl (C=O) groups excluding carboxylic acids is 1. The van der Waals surface area contributed by atoms with Crippen LogP contribution in [0.2, 0.25) is 0 Å². The summed E-state index contributed by atoms with van der Waals surface area (Å²) in [6, 6.07) is 0. The van der Waals surface area contributed by atoms with Gasteiger partial charge in [-0.25, -0.2) is 5.90 Å². The van der Waals surface area contributed by atoms with Crippen LogP contribution < -0.4 is 11.2 Å². The molecule has 0 aromatic carbocycles. The number of anilines is 1. The summed E-state index contributed by atoms with van der Waals surface area (Å²) in [5.41, 5.74) is 0. The lowest BCUT2D eigenvalue weighted by Gasteiger charge is -1.99. The lowest BCUT2D eigenvalue weighted by Crippen LogP contribution is -2.12. The van der Waals surface area contributed by atoms with Gasteiger partial charge in [0.05, 0.1) is 6.61 Å². The molecule has 0 spiro atoms. The summed E-state index contributed by atoms with van der Waals surface area (Å²) in [5, 5.41) is 15.2. The number of H-pyrrole nitrogens is 1. The van der Waals surface area contributed by atoms with Gasteiger partial charge in [-0.2, -0.15) is 5.21 Å². The molecule has 4 N–H and O–H groups in total. The van der Waals surface area contributed by atoms with Crippen LogP contribution in [0.4, 0.5) is 5.95 Å². The van der Waals surface area contributed by atoms with E-state index in [0.29, 0.717) is 19.4 Å². The van der Waals surface area contributed by atoms with Gasteiger partial charge in [0.15, 0.2) is 0 Å². The van der Waals surface area contributed by atoms with Crippen molar-refractivity contribution in [3.63, 3.8) is 0 Å². The molecule has 0 fully saturated rings. The number of nitrogens with one attached hydrogen (secondary N) is 2. The Bertz CT molecular complexity index is 261. The summed E-state index contributed by atoms with van der Waals surface area (Å²) in [5.74, 6) is 4.86. The summed E-state index contributed by atoms with van der Waals surface area (Å²) in [6.07, 6.45) is 1.84. The van der Waals surface area contributed by atoms with E-state index in [-0.39, 0.29) is 11.9 Å². The highest BCUT2D eigenvalue weighted by Gasteiger charge is 2.04. The molecule has 8 nitrogen and oxygen atoms in total. The Balaban J connectivity index is 2.11. The Morgan fingerprint density at radius 3 is 3.07 bits per heavy atom. The zero-order valence-corrected chi connectivity index (χ0v) is 7.56. The smallest absolute Gasteiger partial charge is 0.269 e. The number of aromatic nitrogens is 4. The van der Waals surface area contributed by atoms with Gasteiger partial charge in [0, 0.05) is 6.42 Å². The zero-order chi connectivity index (χ0) is 10.2. The molecule has 14 heavy (non-hydrogen) atoms. The Labute approximate surface area is 80.1 Å². The molecule has 1 heterocycles. The van der Waals surface area contributed by atoms with Crippen LogP contribution in [0.5, 0.6) is 0 Å². The fourth-order valence-corrected chi connectivity index (χ4v) is 0.873. The molecule has 0 unspecified atom stereocenters. The third-order valence-electron chi connectivity index (χ3n) is 1.51. The molecule has 0 aliphatic rings. The molecule has 0 saturated heterocycles. The van der Waals surface area contributed by atoms with Gasteiger partial charge in [0.1, 0.15) is 0 Å². The highest BCUT2D eigenvalue weighted by molar-refractivity contribution is 5.88. The number of amides is 1. The quantitative estimate of drug-likeness (QED) is 0.408. The van der Waals surface area contributed by atoms with Crippen molar-refractivity contribution in [3.05, 3.63) is 0 Å². The molecule has 0 radical (unpaired) electrons. The number of tetrazole rings is 1. The summed E-state index contributed by atoms with van der Waals surface area (Å²) < 4.78 is 0. The van der Waals surface area contributed by atoms with E-state index in [1.807, 2.05) is 0 Å². The van der Waals surface area contributed by atoms with Gasteiger partial charge < -0.3 is 4.84 Å². The Morgan fingerprint density at radius 1 is 1.57 bits per heavy atom. The van der Waals surface area contributed by atoms with Gasteiger partial charge >= 0.3 is 0 Å². The third-order valence-corrected chi connectivity index (χ3v) is 1.51. The van der Waals surface area contributed by atoms with Crippen molar-refractivity contribution in [1.82, 2.24) is 20.6 Å². The van der Waals surface area contributed by atoms with Crippen molar-refractivity contribution in [2.45, 2.75) is 19.3 Å². The van der Waals surface area contributed by atoms with E-state index >= 15 is 0 Å². The number of aromatic amines is 1. The second-order valence-corrected chi connectivity index (χ2v) is 2.61. The van der Waals surface area contributed by atoms with Crippen LogP contribution in [0.15, 0.2) is 0 Å². The van der Waals surface area contributed by atoms with Crippen molar-refractivity contribution in [1.29, 1.82) is 0 Å². The predicted molar refractivity (Wildman–Crippen MR) is 46.8 cm³/mol. The lowest BCUT2D eigenvalue weighted by atomic mass is 10.2. The fraction of sp³-hybridized carbons (Fsp3) is 0.667. The van der Waals surface area contributed by atoms with Gasteiger partial charge in [-0.05, 0) is 18.1 Å². The fourth-order valence-electron chi connectivity index (χ4n) is 0.873. The molecule has 1 rings (SSSR count). The summed E-state index contributed by atoms with van der Waals surface area (Å²) in [6.45, 7) is 0.454. The van der Waals surface area contributed by atoms with E-state index < -0.39 is 0 Å². The highest BCUT2D eigenvalue weighted by Crippen LogP contribution is 1.98. The SMILES string of the molecule is NOCCCCC(=O)Nc1nn[nH]n1. The molecular weight excluding hydrogens is 188 g/mol. The number of carbonyl (C=O) groups is 1. The number of hydrogen-bond acceptors (Lipinski definition) is 6. The first kappa shape index (κ1) is 10.5. The third kappa shape index (κ3) is 3.92. The van der Waals surface area contributed by atoms with Crippen molar-refractivity contribution < 1.29 is 9.63 Å². The Hall–Kier alpha value is -1.54. The van der Waals surface area contributed by atoms with Crippen LogP contribution in [-0.2, 0) is 9.63 Å². The topological polar surface area (TPSA) is 119 Å². The van der Waals surface area contributed by atoms with Gasteiger partial charge in [-0.1, -0.05) is 5.10 Å². The monoisotopic (exact) mass is 200 g/mol. The second-order valence-electron chi connectivity index (χ2n) is 2.61. The molecule has 0 aliphatic heterocycles. The Morgan fingerprint density at radius 2 is 2.43 bits per heavy atom. The molecule has 8 heteroatoms. The van der Waals surface area contributed by atoms with E-state index in [1.54, 1.807) is 0 Å². The first-order valence-electron chi connectivity index (χ1n) is 4.18. The van der Waals surface area contributed by atoms with E-state index in [1.165, 1.54) is 0 Å². The Kier molecular flexibility index (Phi) is 4.51. The minimum Gasteiger partial charge on any atom is -0.305 e. The number of unbranched alkanes of at least 4 members (excludes halogenated alkanes) is 1. The van der Waals surface area contributed by atoms with Crippen molar-refractivity contribution in [2.75, 3.05) is 11.9 Å². The van der Waals surface area contributed by atoms with Crippen molar-refractivity contribution in [3.8, 4) is 0 Å². The van der Waals surface area contributed by atoms with Gasteiger partial charge in [-0.3, -0.25) is 10.1 Å². The average molecular weight is 200 g/mol. The standard InChI is InChI=1S/C6H12N6O2/c7-14-4-2-1-3-5(13)8-6-9-11-12-10-6/h1-4,7H2,(H2,8,9,10,11,12,13). The molecule has 1 amide bonds. The molecular formula is C6H12N6O2. The number of hydrogen-bond donors (Lipinski definition) is 3. The van der Waals surface area contributed by atoms with Crippen LogP contribution in [0.3, 0.4) is 0 Å². The maximum absolute atomic E-state index is 11.2. The molecule has 1 aromatic rings. The van der Waals surface area contributed by atoms with Crippen molar-refractivity contribution >= 4 is 11.9 Å². The zero-order valence-electron chi connectivity index (χ0n) is 7.56. The molecule has 0 saturated carbocycles. The van der Waals surface area contributed by atoms with Crippen LogP contribution in [0.1, 0.15) is 19.3 Å². The summed E-state index contributed by atoms with van der Waals surface area (Å²) in [7, 11) is 0.